The van der Waals surface area contributed by atoms with E-state index in [-0.39, 0.29) is 35.6 Å². The van der Waals surface area contributed by atoms with Gasteiger partial charge in [0.25, 0.3) is 0 Å². The van der Waals surface area contributed by atoms with Gasteiger partial charge in [-0.1, -0.05) is 18.2 Å². The summed E-state index contributed by atoms with van der Waals surface area (Å²) in [6.45, 7) is 4.57. The number of nitrogens with one attached hydrogen (secondary N) is 2. The molecule has 0 spiro atoms. The first-order chi connectivity index (χ1) is 15.2. The molecule has 0 saturated carbocycles. The lowest BCUT2D eigenvalue weighted by Gasteiger charge is -2.29. The molecule has 3 rings (SSSR count). The third-order valence-electron chi connectivity index (χ3n) is 5.76. The van der Waals surface area contributed by atoms with E-state index in [1.165, 1.54) is 18.4 Å². The summed E-state index contributed by atoms with van der Waals surface area (Å²) < 4.78 is 7.19. The van der Waals surface area contributed by atoms with Crippen LogP contribution in [0.15, 0.2) is 58.4 Å². The molecule has 1 saturated heterocycles. The highest BCUT2D eigenvalue weighted by Crippen LogP contribution is 2.27. The van der Waals surface area contributed by atoms with Gasteiger partial charge in [-0.3, -0.25) is 14.7 Å². The quantitative estimate of drug-likeness (QED) is 0.205. The fourth-order valence-electron chi connectivity index (χ4n) is 4.03. The van der Waals surface area contributed by atoms with Crippen molar-refractivity contribution in [2.24, 2.45) is 4.99 Å². The molecule has 0 aliphatic carbocycles. The van der Waals surface area contributed by atoms with Gasteiger partial charge in [0.1, 0.15) is 5.75 Å². The number of likely N-dealkylation sites (tertiary alicyclic amines) is 1. The highest BCUT2D eigenvalue weighted by molar-refractivity contribution is 14.0. The van der Waals surface area contributed by atoms with Crippen LogP contribution in [0.4, 0.5) is 0 Å². The molecule has 1 aromatic heterocycles. The highest BCUT2D eigenvalue weighted by Gasteiger charge is 2.24. The van der Waals surface area contributed by atoms with Gasteiger partial charge in [0, 0.05) is 38.9 Å². The van der Waals surface area contributed by atoms with Crippen LogP contribution in [-0.2, 0) is 6.54 Å². The first-order valence-electron chi connectivity index (χ1n) is 11.2. The van der Waals surface area contributed by atoms with Crippen LogP contribution < -0.4 is 20.9 Å². The van der Waals surface area contributed by atoms with Crippen LogP contribution in [0.2, 0.25) is 0 Å². The van der Waals surface area contributed by atoms with E-state index in [1.54, 1.807) is 30.9 Å². The van der Waals surface area contributed by atoms with Gasteiger partial charge in [0.15, 0.2) is 5.96 Å². The number of hydrogen-bond acceptors (Lipinski definition) is 4. The Bertz CT molecular complexity index is 896. The largest absolute Gasteiger partial charge is 0.497 e. The van der Waals surface area contributed by atoms with Crippen molar-refractivity contribution in [3.63, 3.8) is 0 Å². The van der Waals surface area contributed by atoms with Crippen LogP contribution in [0, 0.1) is 0 Å². The van der Waals surface area contributed by atoms with Gasteiger partial charge in [-0.05, 0) is 62.5 Å². The minimum absolute atomic E-state index is 0. The molecule has 1 aromatic carbocycles. The fourth-order valence-corrected chi connectivity index (χ4v) is 4.03. The second-order valence-electron chi connectivity index (χ2n) is 7.85. The molecule has 1 aliphatic heterocycles. The minimum Gasteiger partial charge on any atom is -0.497 e. The molecule has 2 aromatic rings. The molecule has 32 heavy (non-hydrogen) atoms. The Hall–Kier alpha value is -2.07. The summed E-state index contributed by atoms with van der Waals surface area (Å²) in [7, 11) is 3.51. The van der Waals surface area contributed by atoms with E-state index < -0.39 is 0 Å². The van der Waals surface area contributed by atoms with Crippen molar-refractivity contribution in [3.8, 4) is 5.75 Å². The maximum absolute atomic E-state index is 11.8. The lowest BCUT2D eigenvalue weighted by Crippen LogP contribution is -2.43. The average Bonchev–Trinajstić information content (AvgIpc) is 3.33. The number of rotatable bonds is 10. The van der Waals surface area contributed by atoms with Crippen molar-refractivity contribution in [2.75, 3.05) is 40.3 Å². The maximum atomic E-state index is 11.8. The second kappa shape index (κ2) is 14.2. The standard InChI is InChI=1S/C24H35N5O2.HI/c1-25-24(26-13-4-6-17-29-16-5-3-12-23(29)30)27-19-22(28-14-7-8-15-28)20-10-9-11-21(18-20)31-2;/h3,5,9-12,16,18,22H,4,6-8,13-15,17,19H2,1-2H3,(H2,25,26,27);1H. The van der Waals surface area contributed by atoms with Crippen molar-refractivity contribution in [3.05, 3.63) is 64.6 Å². The molecule has 0 radical (unpaired) electrons. The zero-order chi connectivity index (χ0) is 21.9. The topological polar surface area (TPSA) is 70.9 Å². The molecule has 1 unspecified atom stereocenters. The number of methoxy groups -OCH3 is 1. The summed E-state index contributed by atoms with van der Waals surface area (Å²) in [4.78, 5) is 18.7. The van der Waals surface area contributed by atoms with Gasteiger partial charge < -0.3 is 19.9 Å². The molecular formula is C24H36IN5O2. The monoisotopic (exact) mass is 553 g/mol. The van der Waals surface area contributed by atoms with Crippen LogP contribution in [0.3, 0.4) is 0 Å². The van der Waals surface area contributed by atoms with Gasteiger partial charge in [0.05, 0.1) is 13.2 Å². The van der Waals surface area contributed by atoms with E-state index in [4.69, 9.17) is 4.74 Å². The third kappa shape index (κ3) is 7.81. The van der Waals surface area contributed by atoms with Crippen LogP contribution in [-0.4, -0.2) is 55.8 Å². The summed E-state index contributed by atoms with van der Waals surface area (Å²) in [5.74, 6) is 1.70. The lowest BCUT2D eigenvalue weighted by atomic mass is 10.1. The Morgan fingerprint density at radius 2 is 1.94 bits per heavy atom. The molecule has 2 heterocycles. The second-order valence-corrected chi connectivity index (χ2v) is 7.85. The van der Waals surface area contributed by atoms with Gasteiger partial charge in [-0.25, -0.2) is 0 Å². The van der Waals surface area contributed by atoms with Crippen LogP contribution in [0.5, 0.6) is 5.75 Å². The van der Waals surface area contributed by atoms with E-state index in [1.807, 2.05) is 18.3 Å². The van der Waals surface area contributed by atoms with Crippen molar-refractivity contribution in [1.82, 2.24) is 20.1 Å². The zero-order valence-electron chi connectivity index (χ0n) is 19.1. The van der Waals surface area contributed by atoms with E-state index in [0.717, 1.165) is 57.3 Å². The normalized spacial score (nSPS) is 15.1. The van der Waals surface area contributed by atoms with Crippen molar-refractivity contribution in [2.45, 2.75) is 38.3 Å². The summed E-state index contributed by atoms with van der Waals surface area (Å²) in [5, 5.41) is 6.90. The predicted molar refractivity (Wildman–Crippen MR) is 141 cm³/mol. The molecule has 176 valence electrons. The summed E-state index contributed by atoms with van der Waals surface area (Å²) in [6, 6.07) is 13.9. The van der Waals surface area contributed by atoms with E-state index in [2.05, 4.69) is 38.7 Å². The van der Waals surface area contributed by atoms with E-state index >= 15 is 0 Å². The molecule has 2 N–H and O–H groups in total. The third-order valence-corrected chi connectivity index (χ3v) is 5.76. The van der Waals surface area contributed by atoms with E-state index in [0.29, 0.717) is 0 Å². The molecule has 1 fully saturated rings. The molecular weight excluding hydrogens is 517 g/mol. The van der Waals surface area contributed by atoms with Crippen molar-refractivity contribution >= 4 is 29.9 Å². The summed E-state index contributed by atoms with van der Waals surface area (Å²) in [6.07, 6.45) is 6.24. The first-order valence-corrected chi connectivity index (χ1v) is 11.2. The maximum Gasteiger partial charge on any atom is 0.250 e. The Balaban J connectivity index is 0.00000363. The minimum atomic E-state index is 0. The van der Waals surface area contributed by atoms with Gasteiger partial charge in [0.2, 0.25) is 5.56 Å². The predicted octanol–water partition coefficient (Wildman–Crippen LogP) is 3.26. The number of aryl methyl sites for hydroxylation is 1. The number of unbranched alkanes of at least 4 members (excludes halogenated alkanes) is 1. The van der Waals surface area contributed by atoms with Crippen LogP contribution >= 0.6 is 24.0 Å². The molecule has 8 heteroatoms. The Kier molecular flexibility index (Phi) is 11.6. The molecule has 0 amide bonds. The zero-order valence-corrected chi connectivity index (χ0v) is 21.5. The van der Waals surface area contributed by atoms with Gasteiger partial charge in [-0.15, -0.1) is 24.0 Å². The Labute approximate surface area is 208 Å². The van der Waals surface area contributed by atoms with Gasteiger partial charge >= 0.3 is 0 Å². The molecule has 0 bridgehead atoms. The molecule has 7 nitrogen and oxygen atoms in total. The number of halogens is 1. The number of hydrogen-bond donors (Lipinski definition) is 2. The number of guanidine groups is 1. The SMILES string of the molecule is CN=C(NCCCCn1ccccc1=O)NCC(c1cccc(OC)c1)N1CCCC1.I. The highest BCUT2D eigenvalue weighted by atomic mass is 127. The van der Waals surface area contributed by atoms with Crippen molar-refractivity contribution in [1.29, 1.82) is 0 Å². The Morgan fingerprint density at radius 3 is 2.66 bits per heavy atom. The fraction of sp³-hybridized carbons (Fsp3) is 0.500. The van der Waals surface area contributed by atoms with Crippen molar-refractivity contribution < 1.29 is 4.74 Å². The number of ether oxygens (including phenoxy) is 1. The number of pyridine rings is 1. The number of nitrogens with zero attached hydrogens (tertiary/aromatic N) is 3. The average molecular weight is 553 g/mol. The lowest BCUT2D eigenvalue weighted by molar-refractivity contribution is 0.245. The number of aromatic nitrogens is 1. The Morgan fingerprint density at radius 1 is 1.12 bits per heavy atom. The van der Waals surface area contributed by atoms with Crippen LogP contribution in [0.25, 0.3) is 0 Å². The molecule has 1 aliphatic rings. The number of aliphatic imine (C=N–C) groups is 1. The van der Waals surface area contributed by atoms with E-state index in [9.17, 15) is 4.79 Å². The number of benzene rings is 1. The van der Waals surface area contributed by atoms with Gasteiger partial charge in [-0.2, -0.15) is 0 Å². The summed E-state index contributed by atoms with van der Waals surface area (Å²) >= 11 is 0. The first kappa shape index (κ1) is 26.2. The smallest absolute Gasteiger partial charge is 0.250 e. The summed E-state index contributed by atoms with van der Waals surface area (Å²) in [5.41, 5.74) is 1.32. The van der Waals surface area contributed by atoms with Crippen LogP contribution in [0.1, 0.15) is 37.3 Å². The molecule has 1 atom stereocenters.